The summed E-state index contributed by atoms with van der Waals surface area (Å²) in [5.74, 6) is 0.489. The molecule has 2 aromatic heterocycles. The number of aromatic nitrogens is 2. The fourth-order valence-corrected chi connectivity index (χ4v) is 5.06. The van der Waals surface area contributed by atoms with E-state index in [4.69, 9.17) is 4.74 Å². The van der Waals surface area contributed by atoms with Crippen molar-refractivity contribution in [2.75, 3.05) is 13.2 Å². The molecule has 2 aliphatic rings. The fourth-order valence-electron chi connectivity index (χ4n) is 3.72. The maximum atomic E-state index is 12.9. The van der Waals surface area contributed by atoms with E-state index in [0.717, 1.165) is 54.5 Å². The summed E-state index contributed by atoms with van der Waals surface area (Å²) in [6.45, 7) is 3.53. The normalized spacial score (nSPS) is 22.9. The summed E-state index contributed by atoms with van der Waals surface area (Å²) in [6, 6.07) is 0. The van der Waals surface area contributed by atoms with Crippen molar-refractivity contribution in [2.45, 2.75) is 51.7 Å². The van der Waals surface area contributed by atoms with Gasteiger partial charge in [-0.3, -0.25) is 14.2 Å². The van der Waals surface area contributed by atoms with Crippen molar-refractivity contribution in [3.63, 3.8) is 0 Å². The third-order valence-electron chi connectivity index (χ3n) is 5.15. The van der Waals surface area contributed by atoms with Gasteiger partial charge in [-0.05, 0) is 43.6 Å². The van der Waals surface area contributed by atoms with Crippen molar-refractivity contribution in [3.05, 3.63) is 27.1 Å². The molecule has 0 aromatic carbocycles. The van der Waals surface area contributed by atoms with E-state index in [0.29, 0.717) is 12.5 Å². The first-order valence-electron chi connectivity index (χ1n) is 9.00. The first-order valence-corrected chi connectivity index (χ1v) is 9.81. The average Bonchev–Trinajstić information content (AvgIpc) is 3.22. The molecule has 4 rings (SSSR count). The Morgan fingerprint density at radius 2 is 2.36 bits per heavy atom. The minimum absolute atomic E-state index is 0.00944. The highest BCUT2D eigenvalue weighted by Crippen LogP contribution is 2.35. The maximum absolute atomic E-state index is 12.9. The van der Waals surface area contributed by atoms with Gasteiger partial charge in [0.25, 0.3) is 5.56 Å². The Bertz CT molecular complexity index is 851. The summed E-state index contributed by atoms with van der Waals surface area (Å²) in [5.41, 5.74) is 1.06. The second-order valence-corrected chi connectivity index (χ2v) is 8.23. The highest BCUT2D eigenvalue weighted by atomic mass is 32.1. The lowest BCUT2D eigenvalue weighted by atomic mass is 9.89. The minimum atomic E-state index is -0.170. The zero-order chi connectivity index (χ0) is 17.4. The lowest BCUT2D eigenvalue weighted by Gasteiger charge is -2.17. The third-order valence-corrected chi connectivity index (χ3v) is 6.31. The van der Waals surface area contributed by atoms with E-state index in [1.54, 1.807) is 11.3 Å². The maximum Gasteiger partial charge on any atom is 0.262 e. The van der Waals surface area contributed by atoms with Crippen LogP contribution < -0.4 is 10.9 Å². The van der Waals surface area contributed by atoms with Crippen LogP contribution in [0.15, 0.2) is 11.1 Å². The van der Waals surface area contributed by atoms with Crippen LogP contribution in [0, 0.1) is 5.92 Å². The van der Waals surface area contributed by atoms with Gasteiger partial charge in [-0.25, -0.2) is 4.98 Å². The molecule has 7 heteroatoms. The molecule has 2 atom stereocenters. The summed E-state index contributed by atoms with van der Waals surface area (Å²) < 4.78 is 6.93. The number of fused-ring (bicyclic) bond motifs is 3. The standard InChI is InChI=1S/C18H23N3O3S/c1-11-4-5-13-14(7-11)25-17-16(13)18(23)21(10-20-17)9-15(22)19-8-12-3-2-6-24-12/h10-12H,2-9H2,1H3,(H,19,22)/t11-,12-/m0/s1. The Hall–Kier alpha value is -1.73. The molecule has 0 unspecified atom stereocenters. The largest absolute Gasteiger partial charge is 0.376 e. The van der Waals surface area contributed by atoms with E-state index in [1.165, 1.54) is 15.8 Å². The van der Waals surface area contributed by atoms with E-state index >= 15 is 0 Å². The van der Waals surface area contributed by atoms with Crippen LogP contribution >= 0.6 is 11.3 Å². The summed E-state index contributed by atoms with van der Waals surface area (Å²) >= 11 is 1.63. The predicted octanol–water partition coefficient (Wildman–Crippen LogP) is 1.88. The predicted molar refractivity (Wildman–Crippen MR) is 97.1 cm³/mol. The molecule has 0 bridgehead atoms. The fraction of sp³-hybridized carbons (Fsp3) is 0.611. The lowest BCUT2D eigenvalue weighted by Crippen LogP contribution is -2.36. The summed E-state index contributed by atoms with van der Waals surface area (Å²) in [7, 11) is 0. The first kappa shape index (κ1) is 16.7. The molecular formula is C18H23N3O3S. The minimum Gasteiger partial charge on any atom is -0.376 e. The number of thiophene rings is 1. The number of rotatable bonds is 4. The van der Waals surface area contributed by atoms with E-state index < -0.39 is 0 Å². The van der Waals surface area contributed by atoms with E-state index in [1.807, 2.05) is 0 Å². The van der Waals surface area contributed by atoms with Crippen LogP contribution in [0.1, 0.15) is 36.6 Å². The Morgan fingerprint density at radius 3 is 3.16 bits per heavy atom. The third kappa shape index (κ3) is 3.35. The molecule has 1 aliphatic heterocycles. The topological polar surface area (TPSA) is 73.2 Å². The summed E-state index contributed by atoms with van der Waals surface area (Å²) in [6.07, 6.45) is 6.69. The van der Waals surface area contributed by atoms with Gasteiger partial charge in [0.2, 0.25) is 5.91 Å². The van der Waals surface area contributed by atoms with Gasteiger partial charge in [0.15, 0.2) is 0 Å². The molecule has 3 heterocycles. The number of hydrogen-bond donors (Lipinski definition) is 1. The number of nitrogens with zero attached hydrogens (tertiary/aromatic N) is 2. The second kappa shape index (κ2) is 6.88. The van der Waals surface area contributed by atoms with Gasteiger partial charge >= 0.3 is 0 Å². The quantitative estimate of drug-likeness (QED) is 0.902. The molecule has 1 saturated heterocycles. The van der Waals surface area contributed by atoms with Crippen molar-refractivity contribution in [1.82, 2.24) is 14.9 Å². The highest BCUT2D eigenvalue weighted by Gasteiger charge is 2.23. The molecule has 25 heavy (non-hydrogen) atoms. The molecule has 1 fully saturated rings. The molecular weight excluding hydrogens is 338 g/mol. The number of carbonyl (C=O) groups is 1. The Kier molecular flexibility index (Phi) is 4.60. The van der Waals surface area contributed by atoms with Gasteiger partial charge in [0.1, 0.15) is 11.4 Å². The van der Waals surface area contributed by atoms with Crippen LogP contribution in [0.25, 0.3) is 10.2 Å². The molecule has 6 nitrogen and oxygen atoms in total. The van der Waals surface area contributed by atoms with Crippen molar-refractivity contribution < 1.29 is 9.53 Å². The summed E-state index contributed by atoms with van der Waals surface area (Å²) in [5, 5.41) is 3.58. The highest BCUT2D eigenvalue weighted by molar-refractivity contribution is 7.18. The van der Waals surface area contributed by atoms with Crippen molar-refractivity contribution >= 4 is 27.5 Å². The summed E-state index contributed by atoms with van der Waals surface area (Å²) in [4.78, 5) is 31.6. The Labute approximate surface area is 150 Å². The van der Waals surface area contributed by atoms with Crippen LogP contribution in [0.2, 0.25) is 0 Å². The van der Waals surface area contributed by atoms with Gasteiger partial charge in [0.05, 0.1) is 17.8 Å². The van der Waals surface area contributed by atoms with Crippen molar-refractivity contribution in [2.24, 2.45) is 5.92 Å². The number of aryl methyl sites for hydroxylation is 1. The second-order valence-electron chi connectivity index (χ2n) is 7.15. The van der Waals surface area contributed by atoms with Crippen LogP contribution in [0.5, 0.6) is 0 Å². The molecule has 1 aliphatic carbocycles. The van der Waals surface area contributed by atoms with Crippen LogP contribution in [-0.2, 0) is 28.9 Å². The number of amides is 1. The van der Waals surface area contributed by atoms with Crippen LogP contribution in [0.4, 0.5) is 0 Å². The Morgan fingerprint density at radius 1 is 1.48 bits per heavy atom. The van der Waals surface area contributed by atoms with Gasteiger partial charge in [0, 0.05) is 18.0 Å². The molecule has 134 valence electrons. The van der Waals surface area contributed by atoms with E-state index in [9.17, 15) is 9.59 Å². The molecule has 1 N–H and O–H groups in total. The monoisotopic (exact) mass is 361 g/mol. The molecule has 2 aromatic rings. The van der Waals surface area contributed by atoms with Crippen molar-refractivity contribution in [3.8, 4) is 0 Å². The smallest absolute Gasteiger partial charge is 0.262 e. The molecule has 1 amide bonds. The number of ether oxygens (including phenoxy) is 1. The number of nitrogens with one attached hydrogen (secondary N) is 1. The van der Waals surface area contributed by atoms with Crippen molar-refractivity contribution in [1.29, 1.82) is 0 Å². The lowest BCUT2D eigenvalue weighted by molar-refractivity contribution is -0.122. The number of hydrogen-bond acceptors (Lipinski definition) is 5. The Balaban J connectivity index is 1.53. The molecule has 0 radical (unpaired) electrons. The van der Waals surface area contributed by atoms with Crippen LogP contribution in [-0.4, -0.2) is 34.7 Å². The average molecular weight is 361 g/mol. The first-order chi connectivity index (χ1) is 12.1. The van der Waals surface area contributed by atoms with Crippen LogP contribution in [0.3, 0.4) is 0 Å². The molecule has 0 spiro atoms. The van der Waals surface area contributed by atoms with E-state index in [-0.39, 0.29) is 24.1 Å². The van der Waals surface area contributed by atoms with E-state index in [2.05, 4.69) is 17.2 Å². The van der Waals surface area contributed by atoms with Gasteiger partial charge < -0.3 is 10.1 Å². The SMILES string of the molecule is C[C@H]1CCc2c(sc3ncn(CC(=O)NC[C@@H]4CCCO4)c(=O)c23)C1. The van der Waals surface area contributed by atoms with Gasteiger partial charge in [-0.2, -0.15) is 0 Å². The number of carbonyl (C=O) groups excluding carboxylic acids is 1. The zero-order valence-electron chi connectivity index (χ0n) is 14.4. The molecule has 0 saturated carbocycles. The zero-order valence-corrected chi connectivity index (χ0v) is 15.2. The van der Waals surface area contributed by atoms with Gasteiger partial charge in [-0.1, -0.05) is 6.92 Å². The van der Waals surface area contributed by atoms with Gasteiger partial charge in [-0.15, -0.1) is 11.3 Å².